The number of benzene rings is 1. The predicted molar refractivity (Wildman–Crippen MR) is 99.6 cm³/mol. The quantitative estimate of drug-likeness (QED) is 0.538. The molecule has 1 aromatic carbocycles. The molecule has 0 bridgehead atoms. The van der Waals surface area contributed by atoms with Gasteiger partial charge in [-0.25, -0.2) is 9.37 Å². The first-order valence-corrected chi connectivity index (χ1v) is 8.56. The molecule has 6 nitrogen and oxygen atoms in total. The molecular weight excluding hydrogens is 361 g/mol. The molecule has 0 spiro atoms. The Balaban J connectivity index is 1.84. The van der Waals surface area contributed by atoms with Gasteiger partial charge in [-0.2, -0.15) is 0 Å². The van der Waals surface area contributed by atoms with Crippen LogP contribution in [0, 0.1) is 5.82 Å². The zero-order valence-electron chi connectivity index (χ0n) is 14.4. The number of pyridine rings is 2. The van der Waals surface area contributed by atoms with E-state index in [4.69, 9.17) is 4.42 Å². The van der Waals surface area contributed by atoms with Crippen molar-refractivity contribution in [3.05, 3.63) is 100 Å². The van der Waals surface area contributed by atoms with Crippen LogP contribution in [0.15, 0.2) is 76.3 Å². The van der Waals surface area contributed by atoms with Gasteiger partial charge >= 0.3 is 0 Å². The summed E-state index contributed by atoms with van der Waals surface area (Å²) in [6.45, 7) is 0. The number of hydrogen-bond acceptors (Lipinski definition) is 5. The Morgan fingerprint density at radius 2 is 1.82 bits per heavy atom. The Bertz CT molecular complexity index is 1270. The number of nitrogens with zero attached hydrogens (tertiary/aromatic N) is 3. The van der Waals surface area contributed by atoms with E-state index in [9.17, 15) is 14.0 Å². The van der Waals surface area contributed by atoms with Gasteiger partial charge < -0.3 is 4.42 Å². The third kappa shape index (κ3) is 2.33. The van der Waals surface area contributed by atoms with Crippen LogP contribution in [0.5, 0.6) is 0 Å². The highest BCUT2D eigenvalue weighted by molar-refractivity contribution is 6.10. The zero-order valence-corrected chi connectivity index (χ0v) is 14.4. The molecule has 0 aliphatic carbocycles. The van der Waals surface area contributed by atoms with E-state index in [0.29, 0.717) is 11.4 Å². The normalized spacial score (nSPS) is 15.8. The maximum atomic E-state index is 13.7. The summed E-state index contributed by atoms with van der Waals surface area (Å²) in [4.78, 5) is 36.1. The second-order valence-corrected chi connectivity index (χ2v) is 6.36. The van der Waals surface area contributed by atoms with Gasteiger partial charge in [-0.1, -0.05) is 6.07 Å². The molecule has 4 aromatic rings. The Morgan fingerprint density at radius 1 is 1.00 bits per heavy atom. The van der Waals surface area contributed by atoms with E-state index in [-0.39, 0.29) is 22.3 Å². The summed E-state index contributed by atoms with van der Waals surface area (Å²) in [6.07, 6.45) is 4.73. The van der Waals surface area contributed by atoms with Gasteiger partial charge in [0.05, 0.1) is 17.0 Å². The summed E-state index contributed by atoms with van der Waals surface area (Å²) in [5, 5.41) is 0.0912. The summed E-state index contributed by atoms with van der Waals surface area (Å²) in [6, 6.07) is 11.5. The second-order valence-electron chi connectivity index (χ2n) is 6.36. The number of halogens is 1. The molecule has 0 saturated heterocycles. The number of fused-ring (bicyclic) bond motifs is 2. The third-order valence-electron chi connectivity index (χ3n) is 4.75. The van der Waals surface area contributed by atoms with Crippen molar-refractivity contribution < 1.29 is 13.6 Å². The van der Waals surface area contributed by atoms with Gasteiger partial charge in [0.25, 0.3) is 5.91 Å². The fourth-order valence-electron chi connectivity index (χ4n) is 3.54. The van der Waals surface area contributed by atoms with Crippen molar-refractivity contribution in [1.82, 2.24) is 9.97 Å². The molecule has 1 aliphatic rings. The highest BCUT2D eigenvalue weighted by Gasteiger charge is 2.44. The molecule has 0 radical (unpaired) electrons. The largest absolute Gasteiger partial charge is 0.450 e. The van der Waals surface area contributed by atoms with Crippen molar-refractivity contribution in [2.75, 3.05) is 4.90 Å². The molecule has 3 aromatic heterocycles. The highest BCUT2D eigenvalue weighted by atomic mass is 19.1. The summed E-state index contributed by atoms with van der Waals surface area (Å²) in [7, 11) is 0. The van der Waals surface area contributed by atoms with Gasteiger partial charge in [-0.15, -0.1) is 0 Å². The third-order valence-corrected chi connectivity index (χ3v) is 4.75. The molecule has 0 N–H and O–H groups in total. The van der Waals surface area contributed by atoms with Gasteiger partial charge in [-0.3, -0.25) is 19.5 Å². The Hall–Kier alpha value is -3.87. The summed E-state index contributed by atoms with van der Waals surface area (Å²) in [5.74, 6) is -0.697. The highest BCUT2D eigenvalue weighted by Crippen LogP contribution is 2.40. The number of amides is 1. The lowest BCUT2D eigenvalue weighted by atomic mass is 9.99. The van der Waals surface area contributed by atoms with Crippen molar-refractivity contribution >= 4 is 22.7 Å². The molecular formula is C21H12FN3O3. The van der Waals surface area contributed by atoms with Crippen LogP contribution >= 0.6 is 0 Å². The van der Waals surface area contributed by atoms with Crippen molar-refractivity contribution in [1.29, 1.82) is 0 Å². The topological polar surface area (TPSA) is 76.3 Å². The van der Waals surface area contributed by atoms with E-state index in [0.717, 1.165) is 6.07 Å². The Labute approximate surface area is 157 Å². The molecule has 4 heterocycles. The fourth-order valence-corrected chi connectivity index (χ4v) is 3.54. The van der Waals surface area contributed by atoms with Crippen molar-refractivity contribution in [2.24, 2.45) is 0 Å². The van der Waals surface area contributed by atoms with Gasteiger partial charge in [-0.05, 0) is 48.0 Å². The van der Waals surface area contributed by atoms with Crippen molar-refractivity contribution in [3.63, 3.8) is 0 Å². The maximum absolute atomic E-state index is 13.7. The first-order chi connectivity index (χ1) is 13.6. The average Bonchev–Trinajstić information content (AvgIpc) is 3.03. The number of carbonyl (C=O) groups is 1. The van der Waals surface area contributed by atoms with E-state index < -0.39 is 23.2 Å². The smallest absolute Gasteiger partial charge is 0.296 e. The molecule has 28 heavy (non-hydrogen) atoms. The number of rotatable bonds is 2. The van der Waals surface area contributed by atoms with Gasteiger partial charge in [0.1, 0.15) is 17.2 Å². The van der Waals surface area contributed by atoms with Crippen LogP contribution in [0.1, 0.15) is 27.7 Å². The lowest BCUT2D eigenvalue weighted by molar-refractivity contribution is 0.0970. The monoisotopic (exact) mass is 373 g/mol. The van der Waals surface area contributed by atoms with E-state index in [2.05, 4.69) is 9.97 Å². The van der Waals surface area contributed by atoms with Crippen LogP contribution in [-0.2, 0) is 0 Å². The minimum absolute atomic E-state index is 0.0587. The summed E-state index contributed by atoms with van der Waals surface area (Å²) >= 11 is 0. The molecule has 0 saturated carbocycles. The summed E-state index contributed by atoms with van der Waals surface area (Å²) in [5.41, 5.74) is 0.565. The second kappa shape index (κ2) is 6.09. The molecule has 1 amide bonds. The maximum Gasteiger partial charge on any atom is 0.296 e. The van der Waals surface area contributed by atoms with Gasteiger partial charge in [0.15, 0.2) is 5.43 Å². The molecule has 7 heteroatoms. The Kier molecular flexibility index (Phi) is 3.55. The van der Waals surface area contributed by atoms with E-state index in [1.807, 2.05) is 0 Å². The predicted octanol–water partition coefficient (Wildman–Crippen LogP) is 3.47. The minimum atomic E-state index is -0.746. The minimum Gasteiger partial charge on any atom is -0.450 e. The molecule has 0 fully saturated rings. The fraction of sp³-hybridized carbons (Fsp3) is 0.0476. The molecule has 136 valence electrons. The van der Waals surface area contributed by atoms with E-state index >= 15 is 0 Å². The molecule has 5 rings (SSSR count). The number of hydrogen-bond donors (Lipinski definition) is 0. The Morgan fingerprint density at radius 3 is 2.57 bits per heavy atom. The van der Waals surface area contributed by atoms with Gasteiger partial charge in [0.2, 0.25) is 5.76 Å². The van der Waals surface area contributed by atoms with Crippen LogP contribution in [0.4, 0.5) is 10.2 Å². The van der Waals surface area contributed by atoms with Crippen LogP contribution in [0.3, 0.4) is 0 Å². The summed E-state index contributed by atoms with van der Waals surface area (Å²) < 4.78 is 19.5. The number of carbonyl (C=O) groups excluding carboxylic acids is 1. The van der Waals surface area contributed by atoms with Crippen LogP contribution < -0.4 is 10.3 Å². The average molecular weight is 373 g/mol. The van der Waals surface area contributed by atoms with E-state index in [1.54, 1.807) is 48.9 Å². The van der Waals surface area contributed by atoms with Crippen molar-refractivity contribution in [3.8, 4) is 0 Å². The number of anilines is 1. The lowest BCUT2D eigenvalue weighted by Gasteiger charge is -2.23. The SMILES string of the molecule is O=C1c2oc3ccc(F)cc3c(=O)c2[C@H](c2ccncc2)N1c1ccccn1. The zero-order chi connectivity index (χ0) is 19.3. The number of aromatic nitrogens is 2. The first kappa shape index (κ1) is 16.3. The first-order valence-electron chi connectivity index (χ1n) is 8.56. The van der Waals surface area contributed by atoms with Crippen molar-refractivity contribution in [2.45, 2.75) is 6.04 Å². The van der Waals surface area contributed by atoms with Crippen LogP contribution in [-0.4, -0.2) is 15.9 Å². The van der Waals surface area contributed by atoms with E-state index in [1.165, 1.54) is 17.0 Å². The standard InChI is InChI=1S/C21H12FN3O3/c22-13-4-5-15-14(11-13)19(26)17-18(12-6-9-23-10-7-12)25(21(27)20(17)28-15)16-3-1-2-8-24-16/h1-11,18H/t18-/m0/s1. The molecule has 0 unspecified atom stereocenters. The van der Waals surface area contributed by atoms with Gasteiger partial charge in [0, 0.05) is 18.6 Å². The lowest BCUT2D eigenvalue weighted by Crippen LogP contribution is -2.30. The van der Waals surface area contributed by atoms with Crippen LogP contribution in [0.25, 0.3) is 11.0 Å². The van der Waals surface area contributed by atoms with Crippen LogP contribution in [0.2, 0.25) is 0 Å². The molecule has 1 atom stereocenters. The molecule has 1 aliphatic heterocycles.